The van der Waals surface area contributed by atoms with Gasteiger partial charge in [-0.1, -0.05) is 12.1 Å². The lowest BCUT2D eigenvalue weighted by molar-refractivity contribution is 0.0939. The SMILES string of the molecule is COc1ccc(Cc2c(N)nc(-n3ccnc3)nc2CCOCCO)cc1. The lowest BCUT2D eigenvalue weighted by atomic mass is 10.0. The fourth-order valence-corrected chi connectivity index (χ4v) is 2.71. The van der Waals surface area contributed by atoms with E-state index in [9.17, 15) is 0 Å². The number of anilines is 1. The summed E-state index contributed by atoms with van der Waals surface area (Å²) < 4.78 is 12.3. The molecular formula is C19H23N5O3. The molecule has 0 aliphatic carbocycles. The van der Waals surface area contributed by atoms with Gasteiger partial charge in [0.15, 0.2) is 0 Å². The summed E-state index contributed by atoms with van der Waals surface area (Å²) in [5.41, 5.74) is 9.05. The van der Waals surface area contributed by atoms with E-state index in [0.29, 0.717) is 37.8 Å². The normalized spacial score (nSPS) is 10.9. The monoisotopic (exact) mass is 369 g/mol. The third kappa shape index (κ3) is 4.81. The zero-order valence-corrected chi connectivity index (χ0v) is 15.2. The summed E-state index contributed by atoms with van der Waals surface area (Å²) in [6, 6.07) is 7.81. The van der Waals surface area contributed by atoms with Crippen molar-refractivity contribution in [3.63, 3.8) is 0 Å². The van der Waals surface area contributed by atoms with Crippen LogP contribution in [0.1, 0.15) is 16.8 Å². The molecule has 2 heterocycles. The van der Waals surface area contributed by atoms with Gasteiger partial charge in [0.1, 0.15) is 17.9 Å². The van der Waals surface area contributed by atoms with Crippen molar-refractivity contribution >= 4 is 5.82 Å². The number of ether oxygens (including phenoxy) is 2. The Balaban J connectivity index is 1.89. The highest BCUT2D eigenvalue weighted by molar-refractivity contribution is 5.47. The summed E-state index contributed by atoms with van der Waals surface area (Å²) in [6.07, 6.45) is 6.23. The molecule has 2 aromatic heterocycles. The highest BCUT2D eigenvalue weighted by Crippen LogP contribution is 2.22. The summed E-state index contributed by atoms with van der Waals surface area (Å²) in [5.74, 6) is 1.71. The molecule has 8 nitrogen and oxygen atoms in total. The number of aliphatic hydroxyl groups excluding tert-OH is 1. The Morgan fingerprint density at radius 1 is 1.15 bits per heavy atom. The molecule has 0 amide bonds. The predicted octanol–water partition coefficient (Wildman–Crippen LogP) is 1.40. The van der Waals surface area contributed by atoms with Crippen LogP contribution in [0.15, 0.2) is 43.0 Å². The van der Waals surface area contributed by atoms with Crippen LogP contribution in [0.2, 0.25) is 0 Å². The molecule has 3 rings (SSSR count). The van der Waals surface area contributed by atoms with Gasteiger partial charge >= 0.3 is 0 Å². The van der Waals surface area contributed by atoms with Crippen molar-refractivity contribution in [1.29, 1.82) is 0 Å². The summed E-state index contributed by atoms with van der Waals surface area (Å²) in [7, 11) is 1.64. The zero-order chi connectivity index (χ0) is 19.1. The molecule has 0 bridgehead atoms. The van der Waals surface area contributed by atoms with E-state index in [1.807, 2.05) is 24.3 Å². The van der Waals surface area contributed by atoms with Gasteiger partial charge in [-0.15, -0.1) is 0 Å². The third-order valence-electron chi connectivity index (χ3n) is 4.11. The molecule has 0 spiro atoms. The number of benzene rings is 1. The number of nitrogens with zero attached hydrogens (tertiary/aromatic N) is 4. The van der Waals surface area contributed by atoms with E-state index >= 15 is 0 Å². The first kappa shape index (κ1) is 18.8. The second-order valence-electron chi connectivity index (χ2n) is 5.91. The number of aromatic nitrogens is 4. The Hall–Kier alpha value is -2.97. The Labute approximate surface area is 157 Å². The van der Waals surface area contributed by atoms with Crippen molar-refractivity contribution in [1.82, 2.24) is 19.5 Å². The van der Waals surface area contributed by atoms with Crippen LogP contribution in [0, 0.1) is 0 Å². The maximum atomic E-state index is 8.88. The number of nitrogens with two attached hydrogens (primary N) is 1. The number of aliphatic hydroxyl groups is 1. The van der Waals surface area contributed by atoms with Crippen molar-refractivity contribution in [2.45, 2.75) is 12.8 Å². The number of nitrogen functional groups attached to an aromatic ring is 1. The molecule has 0 radical (unpaired) electrons. The maximum absolute atomic E-state index is 8.88. The molecular weight excluding hydrogens is 346 g/mol. The van der Waals surface area contributed by atoms with Gasteiger partial charge in [0, 0.05) is 30.8 Å². The Morgan fingerprint density at radius 2 is 1.96 bits per heavy atom. The van der Waals surface area contributed by atoms with Crippen molar-refractivity contribution in [3.8, 4) is 11.7 Å². The number of methoxy groups -OCH3 is 1. The van der Waals surface area contributed by atoms with Crippen LogP contribution in [-0.4, -0.2) is 51.6 Å². The molecule has 3 N–H and O–H groups in total. The van der Waals surface area contributed by atoms with Crippen molar-refractivity contribution < 1.29 is 14.6 Å². The van der Waals surface area contributed by atoms with Gasteiger partial charge in [-0.3, -0.25) is 4.57 Å². The maximum Gasteiger partial charge on any atom is 0.237 e. The summed E-state index contributed by atoms with van der Waals surface area (Å²) in [6.45, 7) is 0.726. The van der Waals surface area contributed by atoms with Crippen LogP contribution >= 0.6 is 0 Å². The number of hydrogen-bond acceptors (Lipinski definition) is 7. The second kappa shape index (κ2) is 9.11. The molecule has 0 aliphatic heterocycles. The Bertz CT molecular complexity index is 851. The highest BCUT2D eigenvalue weighted by atomic mass is 16.5. The summed E-state index contributed by atoms with van der Waals surface area (Å²) in [4.78, 5) is 13.1. The van der Waals surface area contributed by atoms with Crippen molar-refractivity contribution in [2.24, 2.45) is 0 Å². The fraction of sp³-hybridized carbons (Fsp3) is 0.316. The topological polar surface area (TPSA) is 108 Å². The predicted molar refractivity (Wildman–Crippen MR) is 101 cm³/mol. The van der Waals surface area contributed by atoms with Gasteiger partial charge in [0.2, 0.25) is 5.95 Å². The Morgan fingerprint density at radius 3 is 2.63 bits per heavy atom. The van der Waals surface area contributed by atoms with Crippen LogP contribution in [0.5, 0.6) is 5.75 Å². The summed E-state index contributed by atoms with van der Waals surface area (Å²) >= 11 is 0. The van der Waals surface area contributed by atoms with Gasteiger partial charge < -0.3 is 20.3 Å². The van der Waals surface area contributed by atoms with Crippen LogP contribution < -0.4 is 10.5 Å². The van der Waals surface area contributed by atoms with E-state index in [1.165, 1.54) is 0 Å². The van der Waals surface area contributed by atoms with E-state index in [4.69, 9.17) is 20.3 Å². The van der Waals surface area contributed by atoms with Gasteiger partial charge in [-0.25, -0.2) is 9.97 Å². The average Bonchev–Trinajstić information content (AvgIpc) is 3.23. The Kier molecular flexibility index (Phi) is 6.35. The van der Waals surface area contributed by atoms with E-state index in [0.717, 1.165) is 22.6 Å². The molecule has 0 fully saturated rings. The minimum atomic E-state index is -0.00902. The average molecular weight is 369 g/mol. The van der Waals surface area contributed by atoms with Gasteiger partial charge in [-0.2, -0.15) is 4.98 Å². The molecule has 27 heavy (non-hydrogen) atoms. The number of imidazole rings is 1. The first-order valence-electron chi connectivity index (χ1n) is 8.66. The molecule has 8 heteroatoms. The lowest BCUT2D eigenvalue weighted by Gasteiger charge is -2.14. The molecule has 0 unspecified atom stereocenters. The number of hydrogen-bond donors (Lipinski definition) is 2. The number of rotatable bonds is 9. The lowest BCUT2D eigenvalue weighted by Crippen LogP contribution is -2.13. The molecule has 0 atom stereocenters. The third-order valence-corrected chi connectivity index (χ3v) is 4.11. The van der Waals surface area contributed by atoms with E-state index in [-0.39, 0.29) is 6.61 Å². The molecule has 3 aromatic rings. The van der Waals surface area contributed by atoms with Crippen LogP contribution in [0.25, 0.3) is 5.95 Å². The van der Waals surface area contributed by atoms with Crippen molar-refractivity contribution in [2.75, 3.05) is 32.7 Å². The highest BCUT2D eigenvalue weighted by Gasteiger charge is 2.14. The quantitative estimate of drug-likeness (QED) is 0.549. The smallest absolute Gasteiger partial charge is 0.237 e. The van der Waals surface area contributed by atoms with Gasteiger partial charge in [-0.05, 0) is 17.7 Å². The summed E-state index contributed by atoms with van der Waals surface area (Å²) in [5, 5.41) is 8.88. The largest absolute Gasteiger partial charge is 0.497 e. The zero-order valence-electron chi connectivity index (χ0n) is 15.2. The van der Waals surface area contributed by atoms with Crippen LogP contribution in [0.4, 0.5) is 5.82 Å². The van der Waals surface area contributed by atoms with E-state index in [1.54, 1.807) is 30.4 Å². The van der Waals surface area contributed by atoms with Gasteiger partial charge in [0.25, 0.3) is 0 Å². The van der Waals surface area contributed by atoms with Crippen LogP contribution in [0.3, 0.4) is 0 Å². The van der Waals surface area contributed by atoms with Gasteiger partial charge in [0.05, 0.1) is 32.6 Å². The molecule has 0 saturated heterocycles. The fourth-order valence-electron chi connectivity index (χ4n) is 2.71. The second-order valence-corrected chi connectivity index (χ2v) is 5.91. The minimum absolute atomic E-state index is 0.00902. The van der Waals surface area contributed by atoms with E-state index in [2.05, 4.69) is 15.0 Å². The van der Waals surface area contributed by atoms with E-state index < -0.39 is 0 Å². The van der Waals surface area contributed by atoms with Crippen LogP contribution in [-0.2, 0) is 17.6 Å². The first-order valence-corrected chi connectivity index (χ1v) is 8.66. The first-order chi connectivity index (χ1) is 13.2. The standard InChI is InChI=1S/C19H23N5O3/c1-26-15-4-2-14(3-5-15)12-16-17(6-10-27-11-9-25)22-19(23-18(16)20)24-8-7-21-13-24/h2-5,7-8,13,25H,6,9-12H2,1H3,(H2,20,22,23). The molecule has 1 aromatic carbocycles. The molecule has 0 saturated carbocycles. The molecule has 142 valence electrons. The minimum Gasteiger partial charge on any atom is -0.497 e. The molecule has 0 aliphatic rings. The van der Waals surface area contributed by atoms with Crippen molar-refractivity contribution in [3.05, 3.63) is 59.8 Å².